The molecule has 0 saturated carbocycles. The van der Waals surface area contributed by atoms with Crippen LogP contribution >= 0.6 is 11.3 Å². The van der Waals surface area contributed by atoms with Crippen molar-refractivity contribution in [1.29, 1.82) is 0 Å². The molecule has 0 aliphatic rings. The van der Waals surface area contributed by atoms with E-state index in [1.165, 1.54) is 0 Å². The largest absolute Gasteiger partial charge is 0.354 e. The molecule has 4 aromatic rings. The lowest BCUT2D eigenvalue weighted by Crippen LogP contribution is -2.15. The summed E-state index contributed by atoms with van der Waals surface area (Å²) in [7, 11) is 0. The molecule has 2 aromatic carbocycles. The van der Waals surface area contributed by atoms with Crippen molar-refractivity contribution >= 4 is 29.2 Å². The first-order chi connectivity index (χ1) is 13.2. The molecule has 134 valence electrons. The van der Waals surface area contributed by atoms with Crippen LogP contribution in [0.3, 0.4) is 0 Å². The van der Waals surface area contributed by atoms with Gasteiger partial charge in [-0.15, -0.1) is 11.3 Å². The van der Waals surface area contributed by atoms with Crippen LogP contribution in [0.15, 0.2) is 75.6 Å². The van der Waals surface area contributed by atoms with Crippen LogP contribution in [0.5, 0.6) is 0 Å². The highest BCUT2D eigenvalue weighted by Gasteiger charge is 2.16. The Morgan fingerprint density at radius 1 is 0.963 bits per heavy atom. The Labute approximate surface area is 161 Å². The number of para-hydroxylation sites is 1. The standard InChI is InChI=1S/C22H19N3OS/c1-16-15-27-22(23-19-11-7-4-8-12-19)25(16)21-17(2)24-26-20(21)14-13-18-9-5-3-6-10-18/h3-15H,1-2H3/b14-13+,23-22?. The van der Waals surface area contributed by atoms with Crippen LogP contribution in [0, 0.1) is 13.8 Å². The number of thiazole rings is 1. The maximum atomic E-state index is 5.61. The van der Waals surface area contributed by atoms with E-state index in [0.29, 0.717) is 5.76 Å². The van der Waals surface area contributed by atoms with Crippen molar-refractivity contribution in [2.75, 3.05) is 0 Å². The van der Waals surface area contributed by atoms with Crippen molar-refractivity contribution in [2.24, 2.45) is 4.99 Å². The van der Waals surface area contributed by atoms with Crippen LogP contribution in [-0.4, -0.2) is 9.72 Å². The molecule has 5 heteroatoms. The van der Waals surface area contributed by atoms with Crippen LogP contribution in [0.4, 0.5) is 5.69 Å². The SMILES string of the molecule is Cc1noc(/C=C/c2ccccc2)c1-n1c(C)csc1=Nc1ccccc1. The molecule has 0 saturated heterocycles. The minimum atomic E-state index is 0.715. The number of nitrogens with zero attached hydrogens (tertiary/aromatic N) is 3. The van der Waals surface area contributed by atoms with E-state index in [1.807, 2.05) is 67.6 Å². The molecule has 0 unspecified atom stereocenters. The average Bonchev–Trinajstić information content (AvgIpc) is 3.23. The summed E-state index contributed by atoms with van der Waals surface area (Å²) in [6.07, 6.45) is 3.99. The fourth-order valence-electron chi connectivity index (χ4n) is 2.86. The van der Waals surface area contributed by atoms with Gasteiger partial charge in [0.15, 0.2) is 10.6 Å². The Balaban J connectivity index is 1.82. The van der Waals surface area contributed by atoms with E-state index in [1.54, 1.807) is 11.3 Å². The molecule has 0 N–H and O–H groups in total. The number of hydrogen-bond donors (Lipinski definition) is 0. The van der Waals surface area contributed by atoms with Crippen molar-refractivity contribution in [3.63, 3.8) is 0 Å². The van der Waals surface area contributed by atoms with Crippen LogP contribution in [0.1, 0.15) is 22.7 Å². The molecule has 0 amide bonds. The van der Waals surface area contributed by atoms with Crippen LogP contribution in [0.2, 0.25) is 0 Å². The molecule has 2 heterocycles. The Hall–Kier alpha value is -3.18. The first kappa shape index (κ1) is 17.2. The average molecular weight is 373 g/mol. The zero-order valence-electron chi connectivity index (χ0n) is 15.2. The monoisotopic (exact) mass is 373 g/mol. The molecule has 4 rings (SSSR count). The highest BCUT2D eigenvalue weighted by molar-refractivity contribution is 7.07. The third kappa shape index (κ3) is 3.68. The predicted octanol–water partition coefficient (Wildman–Crippen LogP) is 5.55. The molecule has 0 fully saturated rings. The van der Waals surface area contributed by atoms with Crippen molar-refractivity contribution < 1.29 is 4.52 Å². The fraction of sp³-hybridized carbons (Fsp3) is 0.0909. The Morgan fingerprint density at radius 3 is 2.41 bits per heavy atom. The summed E-state index contributed by atoms with van der Waals surface area (Å²) in [6, 6.07) is 20.1. The zero-order valence-corrected chi connectivity index (χ0v) is 16.0. The third-order valence-corrected chi connectivity index (χ3v) is 5.11. The first-order valence-electron chi connectivity index (χ1n) is 8.69. The van der Waals surface area contributed by atoms with Crippen molar-refractivity contribution in [2.45, 2.75) is 13.8 Å². The van der Waals surface area contributed by atoms with Gasteiger partial charge >= 0.3 is 0 Å². The van der Waals surface area contributed by atoms with Gasteiger partial charge in [-0.05, 0) is 37.6 Å². The van der Waals surface area contributed by atoms with Crippen LogP contribution < -0.4 is 4.80 Å². The molecule has 0 radical (unpaired) electrons. The summed E-state index contributed by atoms with van der Waals surface area (Å²) in [6.45, 7) is 4.02. The summed E-state index contributed by atoms with van der Waals surface area (Å²) < 4.78 is 7.71. The number of aromatic nitrogens is 2. The Kier molecular flexibility index (Phi) is 4.85. The van der Waals surface area contributed by atoms with Gasteiger partial charge in [-0.3, -0.25) is 4.57 Å². The molecule has 2 aromatic heterocycles. The highest BCUT2D eigenvalue weighted by atomic mass is 32.1. The van der Waals surface area contributed by atoms with E-state index in [2.05, 4.69) is 34.2 Å². The lowest BCUT2D eigenvalue weighted by Gasteiger charge is -2.05. The third-order valence-electron chi connectivity index (χ3n) is 4.17. The predicted molar refractivity (Wildman–Crippen MR) is 110 cm³/mol. The fourth-order valence-corrected chi connectivity index (χ4v) is 3.74. The molecule has 0 atom stereocenters. The summed E-state index contributed by atoms with van der Waals surface area (Å²) >= 11 is 1.60. The van der Waals surface area contributed by atoms with Gasteiger partial charge in [0.1, 0.15) is 11.4 Å². The van der Waals surface area contributed by atoms with Crippen molar-refractivity contribution in [3.05, 3.63) is 93.6 Å². The van der Waals surface area contributed by atoms with Crippen LogP contribution in [-0.2, 0) is 0 Å². The van der Waals surface area contributed by atoms with E-state index >= 15 is 0 Å². The minimum absolute atomic E-state index is 0.715. The second kappa shape index (κ2) is 7.60. The molecule has 0 aliphatic carbocycles. The molecule has 0 aliphatic heterocycles. The van der Waals surface area contributed by atoms with Gasteiger partial charge in [-0.2, -0.15) is 0 Å². The molecule has 0 spiro atoms. The van der Waals surface area contributed by atoms with E-state index in [4.69, 9.17) is 9.52 Å². The van der Waals surface area contributed by atoms with Crippen LogP contribution in [0.25, 0.3) is 17.8 Å². The lowest BCUT2D eigenvalue weighted by atomic mass is 10.2. The number of rotatable bonds is 4. The zero-order chi connectivity index (χ0) is 18.6. The first-order valence-corrected chi connectivity index (χ1v) is 9.57. The molecule has 4 nitrogen and oxygen atoms in total. The summed E-state index contributed by atoms with van der Waals surface area (Å²) in [4.78, 5) is 5.69. The Morgan fingerprint density at radius 2 is 1.67 bits per heavy atom. The second-order valence-electron chi connectivity index (χ2n) is 6.17. The van der Waals surface area contributed by atoms with Gasteiger partial charge in [0.2, 0.25) is 0 Å². The van der Waals surface area contributed by atoms with E-state index in [9.17, 15) is 0 Å². The Bertz CT molecular complexity index is 1140. The quantitative estimate of drug-likeness (QED) is 0.471. The minimum Gasteiger partial charge on any atom is -0.354 e. The van der Waals surface area contributed by atoms with Crippen molar-refractivity contribution in [1.82, 2.24) is 9.72 Å². The summed E-state index contributed by atoms with van der Waals surface area (Å²) in [5.74, 6) is 0.715. The highest BCUT2D eigenvalue weighted by Crippen LogP contribution is 2.23. The molecular weight excluding hydrogens is 354 g/mol. The molecular formula is C22H19N3OS. The normalized spacial score (nSPS) is 12.1. The van der Waals surface area contributed by atoms with Gasteiger partial charge in [-0.1, -0.05) is 59.8 Å². The van der Waals surface area contributed by atoms with Gasteiger partial charge in [0, 0.05) is 11.1 Å². The maximum Gasteiger partial charge on any atom is 0.194 e. The lowest BCUT2D eigenvalue weighted by molar-refractivity contribution is 0.408. The summed E-state index contributed by atoms with van der Waals surface area (Å²) in [5.41, 5.74) is 4.88. The van der Waals surface area contributed by atoms with Crippen molar-refractivity contribution in [3.8, 4) is 5.69 Å². The van der Waals surface area contributed by atoms with Gasteiger partial charge in [-0.25, -0.2) is 4.99 Å². The van der Waals surface area contributed by atoms with E-state index < -0.39 is 0 Å². The van der Waals surface area contributed by atoms with Gasteiger partial charge in [0.05, 0.1) is 5.69 Å². The van der Waals surface area contributed by atoms with Gasteiger partial charge in [0.25, 0.3) is 0 Å². The molecule has 0 bridgehead atoms. The number of benzene rings is 2. The number of hydrogen-bond acceptors (Lipinski definition) is 4. The second-order valence-corrected chi connectivity index (χ2v) is 7.00. The smallest absolute Gasteiger partial charge is 0.194 e. The maximum absolute atomic E-state index is 5.61. The number of aryl methyl sites for hydroxylation is 2. The molecule has 27 heavy (non-hydrogen) atoms. The van der Waals surface area contributed by atoms with Gasteiger partial charge < -0.3 is 4.52 Å². The topological polar surface area (TPSA) is 43.3 Å². The summed E-state index contributed by atoms with van der Waals surface area (Å²) in [5, 5.41) is 6.29. The van der Waals surface area contributed by atoms with E-state index in [-0.39, 0.29) is 0 Å². The van der Waals surface area contributed by atoms with E-state index in [0.717, 1.165) is 33.1 Å².